The SMILES string of the molecule is CS(=O)(=O)c1cccc(NC(=O)c2ccc(Cl)nn2)c1. The maximum absolute atomic E-state index is 11.9. The number of nitrogens with zero attached hydrogens (tertiary/aromatic N) is 2. The topological polar surface area (TPSA) is 89.0 Å². The molecule has 1 aromatic heterocycles. The first-order chi connectivity index (χ1) is 9.36. The Labute approximate surface area is 120 Å². The first kappa shape index (κ1) is 14.4. The highest BCUT2D eigenvalue weighted by Gasteiger charge is 2.11. The van der Waals surface area contributed by atoms with Crippen molar-refractivity contribution in [3.05, 3.63) is 47.2 Å². The third kappa shape index (κ3) is 3.52. The van der Waals surface area contributed by atoms with Gasteiger partial charge in [-0.1, -0.05) is 17.7 Å². The van der Waals surface area contributed by atoms with Gasteiger partial charge >= 0.3 is 0 Å². The van der Waals surface area contributed by atoms with Gasteiger partial charge in [0.25, 0.3) is 5.91 Å². The molecule has 1 N–H and O–H groups in total. The van der Waals surface area contributed by atoms with Crippen LogP contribution >= 0.6 is 11.6 Å². The van der Waals surface area contributed by atoms with Gasteiger partial charge in [0.1, 0.15) is 0 Å². The fraction of sp³-hybridized carbons (Fsp3) is 0.0833. The summed E-state index contributed by atoms with van der Waals surface area (Å²) in [5, 5.41) is 9.91. The Morgan fingerprint density at radius 3 is 2.55 bits per heavy atom. The standard InChI is InChI=1S/C12H10ClN3O3S/c1-20(18,19)9-4-2-3-8(7-9)14-12(17)10-5-6-11(13)16-15-10/h2-7H,1H3,(H,14,17). The Hall–Kier alpha value is -1.99. The number of halogens is 1. The number of carbonyl (C=O) groups excluding carboxylic acids is 1. The van der Waals surface area contributed by atoms with E-state index in [1.54, 1.807) is 12.1 Å². The summed E-state index contributed by atoms with van der Waals surface area (Å²) < 4.78 is 22.9. The number of aromatic nitrogens is 2. The molecule has 2 aromatic rings. The van der Waals surface area contributed by atoms with Crippen molar-refractivity contribution in [1.29, 1.82) is 0 Å². The first-order valence-corrected chi connectivity index (χ1v) is 7.74. The van der Waals surface area contributed by atoms with Gasteiger partial charge in [-0.15, -0.1) is 10.2 Å². The van der Waals surface area contributed by atoms with E-state index in [0.717, 1.165) is 6.26 Å². The highest BCUT2D eigenvalue weighted by Crippen LogP contribution is 2.16. The number of hydrogen-bond acceptors (Lipinski definition) is 5. The molecule has 104 valence electrons. The molecule has 0 atom stereocenters. The number of benzene rings is 1. The van der Waals surface area contributed by atoms with Crippen LogP contribution in [0.15, 0.2) is 41.3 Å². The molecule has 0 aliphatic heterocycles. The second-order valence-corrected chi connectivity index (χ2v) is 6.40. The van der Waals surface area contributed by atoms with Gasteiger partial charge in [-0.3, -0.25) is 4.79 Å². The summed E-state index contributed by atoms with van der Waals surface area (Å²) in [6.45, 7) is 0. The number of amides is 1. The molecule has 8 heteroatoms. The molecule has 0 fully saturated rings. The molecule has 0 saturated carbocycles. The third-order valence-corrected chi connectivity index (χ3v) is 3.70. The summed E-state index contributed by atoms with van der Waals surface area (Å²) in [5.74, 6) is -0.500. The van der Waals surface area contributed by atoms with E-state index in [-0.39, 0.29) is 15.7 Å². The van der Waals surface area contributed by atoms with Crippen molar-refractivity contribution in [3.8, 4) is 0 Å². The van der Waals surface area contributed by atoms with Crippen molar-refractivity contribution in [2.24, 2.45) is 0 Å². The number of rotatable bonds is 3. The van der Waals surface area contributed by atoms with Gasteiger partial charge in [0.05, 0.1) is 4.90 Å². The minimum Gasteiger partial charge on any atom is -0.321 e. The molecular formula is C12H10ClN3O3S. The Kier molecular flexibility index (Phi) is 4.01. The molecule has 0 aliphatic rings. The van der Waals surface area contributed by atoms with E-state index in [4.69, 9.17) is 11.6 Å². The number of nitrogens with one attached hydrogen (secondary N) is 1. The Morgan fingerprint density at radius 1 is 1.20 bits per heavy atom. The lowest BCUT2D eigenvalue weighted by atomic mass is 10.3. The summed E-state index contributed by atoms with van der Waals surface area (Å²) in [7, 11) is -3.33. The lowest BCUT2D eigenvalue weighted by Gasteiger charge is -2.06. The summed E-state index contributed by atoms with van der Waals surface area (Å²) >= 11 is 5.58. The molecule has 0 aliphatic carbocycles. The quantitative estimate of drug-likeness (QED) is 0.933. The minimum absolute atomic E-state index is 0.0826. The molecule has 0 spiro atoms. The van der Waals surface area contributed by atoms with Crippen LogP contribution < -0.4 is 5.32 Å². The molecule has 1 heterocycles. The second kappa shape index (κ2) is 5.56. The highest BCUT2D eigenvalue weighted by atomic mass is 35.5. The third-order valence-electron chi connectivity index (χ3n) is 2.38. The molecule has 0 saturated heterocycles. The maximum atomic E-state index is 11.9. The number of hydrogen-bond donors (Lipinski definition) is 1. The molecule has 6 nitrogen and oxygen atoms in total. The Bertz CT molecular complexity index is 745. The van der Waals surface area contributed by atoms with Crippen molar-refractivity contribution in [1.82, 2.24) is 10.2 Å². The molecule has 2 rings (SSSR count). The lowest BCUT2D eigenvalue weighted by Crippen LogP contribution is -2.14. The van der Waals surface area contributed by atoms with Gasteiger partial charge in [-0.05, 0) is 30.3 Å². The predicted molar refractivity (Wildman–Crippen MR) is 74.5 cm³/mol. The van der Waals surface area contributed by atoms with Crippen LogP contribution in [0.5, 0.6) is 0 Å². The fourth-order valence-corrected chi connectivity index (χ4v) is 2.20. The monoisotopic (exact) mass is 311 g/mol. The average molecular weight is 312 g/mol. The Morgan fingerprint density at radius 2 is 1.95 bits per heavy atom. The largest absolute Gasteiger partial charge is 0.321 e. The zero-order chi connectivity index (χ0) is 14.8. The molecule has 0 unspecified atom stereocenters. The summed E-state index contributed by atoms with van der Waals surface area (Å²) in [5.41, 5.74) is 0.439. The summed E-state index contributed by atoms with van der Waals surface area (Å²) in [4.78, 5) is 12.0. The van der Waals surface area contributed by atoms with Crippen LogP contribution in [0.4, 0.5) is 5.69 Å². The van der Waals surface area contributed by atoms with Gasteiger partial charge in [0, 0.05) is 11.9 Å². The molecule has 20 heavy (non-hydrogen) atoms. The first-order valence-electron chi connectivity index (χ1n) is 5.47. The minimum atomic E-state index is -3.33. The van der Waals surface area contributed by atoms with E-state index in [2.05, 4.69) is 15.5 Å². The van der Waals surface area contributed by atoms with Crippen LogP contribution in [-0.2, 0) is 9.84 Å². The average Bonchev–Trinajstić information content (AvgIpc) is 2.38. The zero-order valence-corrected chi connectivity index (χ0v) is 11.9. The van der Waals surface area contributed by atoms with Crippen LogP contribution in [0.2, 0.25) is 5.15 Å². The number of sulfone groups is 1. The molecular weight excluding hydrogens is 302 g/mol. The predicted octanol–water partition coefficient (Wildman–Crippen LogP) is 1.79. The molecule has 1 amide bonds. The van der Waals surface area contributed by atoms with E-state index < -0.39 is 15.7 Å². The van der Waals surface area contributed by atoms with Crippen molar-refractivity contribution >= 4 is 33.0 Å². The van der Waals surface area contributed by atoms with Crippen molar-refractivity contribution in [2.45, 2.75) is 4.90 Å². The van der Waals surface area contributed by atoms with Crippen molar-refractivity contribution < 1.29 is 13.2 Å². The summed E-state index contributed by atoms with van der Waals surface area (Å²) in [6.07, 6.45) is 1.10. The molecule has 0 radical (unpaired) electrons. The van der Waals surface area contributed by atoms with Gasteiger partial charge in [-0.25, -0.2) is 8.42 Å². The van der Waals surface area contributed by atoms with Crippen LogP contribution in [0.1, 0.15) is 10.5 Å². The lowest BCUT2D eigenvalue weighted by molar-refractivity contribution is 0.102. The van der Waals surface area contributed by atoms with Crippen molar-refractivity contribution in [2.75, 3.05) is 11.6 Å². The van der Waals surface area contributed by atoms with Gasteiger partial charge < -0.3 is 5.32 Å². The number of anilines is 1. The van der Waals surface area contributed by atoms with Crippen LogP contribution in [-0.4, -0.2) is 30.8 Å². The fourth-order valence-electron chi connectivity index (χ4n) is 1.44. The van der Waals surface area contributed by atoms with E-state index in [1.807, 2.05) is 0 Å². The van der Waals surface area contributed by atoms with Gasteiger partial charge in [0.15, 0.2) is 20.7 Å². The Balaban J connectivity index is 2.22. The van der Waals surface area contributed by atoms with E-state index >= 15 is 0 Å². The zero-order valence-electron chi connectivity index (χ0n) is 10.4. The summed E-state index contributed by atoms with van der Waals surface area (Å²) in [6, 6.07) is 8.81. The van der Waals surface area contributed by atoms with Crippen LogP contribution in [0, 0.1) is 0 Å². The number of carbonyl (C=O) groups is 1. The smallest absolute Gasteiger partial charge is 0.276 e. The molecule has 1 aromatic carbocycles. The van der Waals surface area contributed by atoms with Crippen LogP contribution in [0.25, 0.3) is 0 Å². The van der Waals surface area contributed by atoms with Crippen molar-refractivity contribution in [3.63, 3.8) is 0 Å². The van der Waals surface area contributed by atoms with E-state index in [0.29, 0.717) is 5.69 Å². The second-order valence-electron chi connectivity index (χ2n) is 4.00. The van der Waals surface area contributed by atoms with Crippen LogP contribution in [0.3, 0.4) is 0 Å². The maximum Gasteiger partial charge on any atom is 0.276 e. The normalized spacial score (nSPS) is 11.1. The highest BCUT2D eigenvalue weighted by molar-refractivity contribution is 7.90. The van der Waals surface area contributed by atoms with Gasteiger partial charge in [-0.2, -0.15) is 0 Å². The van der Waals surface area contributed by atoms with E-state index in [9.17, 15) is 13.2 Å². The van der Waals surface area contributed by atoms with Gasteiger partial charge in [0.2, 0.25) is 0 Å². The molecule has 0 bridgehead atoms. The van der Waals surface area contributed by atoms with E-state index in [1.165, 1.54) is 24.3 Å².